The van der Waals surface area contributed by atoms with Gasteiger partial charge in [-0.3, -0.25) is 4.79 Å². The van der Waals surface area contributed by atoms with E-state index < -0.39 is 0 Å². The van der Waals surface area contributed by atoms with Crippen molar-refractivity contribution in [3.8, 4) is 5.75 Å². The van der Waals surface area contributed by atoms with Gasteiger partial charge in [-0.05, 0) is 43.0 Å². The van der Waals surface area contributed by atoms with Crippen molar-refractivity contribution in [3.63, 3.8) is 0 Å². The summed E-state index contributed by atoms with van der Waals surface area (Å²) in [6.07, 6.45) is 2.06. The number of nitrogens with one attached hydrogen (secondary N) is 1. The Hall–Kier alpha value is -3.02. The first-order valence-electron chi connectivity index (χ1n) is 10.3. The maximum absolute atomic E-state index is 12.8. The second-order valence-electron chi connectivity index (χ2n) is 7.47. The number of carbonyl (C=O) groups is 2. The van der Waals surface area contributed by atoms with Crippen molar-refractivity contribution >= 4 is 17.6 Å². The Labute approximate surface area is 171 Å². The number of para-hydroxylation sites is 1. The van der Waals surface area contributed by atoms with Crippen molar-refractivity contribution in [3.05, 3.63) is 59.2 Å². The van der Waals surface area contributed by atoms with Gasteiger partial charge in [0.15, 0.2) is 0 Å². The Morgan fingerprint density at radius 1 is 1.10 bits per heavy atom. The molecule has 0 aliphatic carbocycles. The summed E-state index contributed by atoms with van der Waals surface area (Å²) >= 11 is 0. The third-order valence-electron chi connectivity index (χ3n) is 5.54. The van der Waals surface area contributed by atoms with E-state index in [2.05, 4.69) is 17.4 Å². The third-order valence-corrected chi connectivity index (χ3v) is 5.54. The predicted molar refractivity (Wildman–Crippen MR) is 112 cm³/mol. The number of carbonyl (C=O) groups excluding carboxylic acids is 2. The number of aryl methyl sites for hydroxylation is 1. The standard InChI is InChI=1S/C23H27N3O3/c1-2-24-23(28)25-13-14-29-21-9-7-17(15-19(21)16-25)8-10-22(27)26-12-11-18-5-3-4-6-20(18)26/h3-7,9,15H,2,8,10-14,16H2,1H3,(H,24,28). The van der Waals surface area contributed by atoms with Crippen LogP contribution in [0.4, 0.5) is 10.5 Å². The van der Waals surface area contributed by atoms with Gasteiger partial charge in [0.2, 0.25) is 5.91 Å². The molecule has 6 nitrogen and oxygen atoms in total. The molecular weight excluding hydrogens is 366 g/mol. The number of rotatable bonds is 4. The molecule has 29 heavy (non-hydrogen) atoms. The zero-order valence-corrected chi connectivity index (χ0v) is 16.8. The maximum atomic E-state index is 12.8. The summed E-state index contributed by atoms with van der Waals surface area (Å²) in [7, 11) is 0. The first kappa shape index (κ1) is 19.3. The molecule has 2 aliphatic rings. The van der Waals surface area contributed by atoms with E-state index in [9.17, 15) is 9.59 Å². The van der Waals surface area contributed by atoms with Crippen LogP contribution in [0.3, 0.4) is 0 Å². The molecule has 2 aliphatic heterocycles. The number of hydrogen-bond donors (Lipinski definition) is 1. The lowest BCUT2D eigenvalue weighted by molar-refractivity contribution is -0.118. The van der Waals surface area contributed by atoms with Gasteiger partial charge in [-0.25, -0.2) is 4.79 Å². The molecule has 2 aromatic rings. The number of amides is 3. The Morgan fingerprint density at radius 2 is 1.97 bits per heavy atom. The van der Waals surface area contributed by atoms with Crippen molar-refractivity contribution in [1.29, 1.82) is 0 Å². The lowest BCUT2D eigenvalue weighted by Crippen LogP contribution is -2.40. The minimum Gasteiger partial charge on any atom is -0.491 e. The van der Waals surface area contributed by atoms with E-state index in [1.165, 1.54) is 5.56 Å². The van der Waals surface area contributed by atoms with Crippen LogP contribution in [-0.2, 0) is 24.2 Å². The van der Waals surface area contributed by atoms with Gasteiger partial charge in [-0.15, -0.1) is 0 Å². The molecule has 0 bridgehead atoms. The highest BCUT2D eigenvalue weighted by Gasteiger charge is 2.24. The van der Waals surface area contributed by atoms with E-state index in [1.807, 2.05) is 42.2 Å². The highest BCUT2D eigenvalue weighted by molar-refractivity contribution is 5.95. The molecule has 1 N–H and O–H groups in total. The van der Waals surface area contributed by atoms with E-state index in [1.54, 1.807) is 4.90 Å². The van der Waals surface area contributed by atoms with Crippen LogP contribution in [0.1, 0.15) is 30.0 Å². The van der Waals surface area contributed by atoms with E-state index in [-0.39, 0.29) is 11.9 Å². The SMILES string of the molecule is CCNC(=O)N1CCOc2ccc(CCC(=O)N3CCc4ccccc43)cc2C1. The average Bonchev–Trinajstić information content (AvgIpc) is 3.05. The van der Waals surface area contributed by atoms with Crippen molar-refractivity contribution in [2.24, 2.45) is 0 Å². The number of ether oxygens (including phenoxy) is 1. The zero-order chi connectivity index (χ0) is 20.2. The molecule has 0 spiro atoms. The lowest BCUT2D eigenvalue weighted by atomic mass is 10.0. The number of nitrogens with zero attached hydrogens (tertiary/aromatic N) is 2. The number of benzene rings is 2. The summed E-state index contributed by atoms with van der Waals surface area (Å²) in [5, 5.41) is 2.85. The first-order valence-corrected chi connectivity index (χ1v) is 10.3. The molecule has 3 amide bonds. The van der Waals surface area contributed by atoms with Crippen LogP contribution in [0, 0.1) is 0 Å². The molecule has 0 atom stereocenters. The van der Waals surface area contributed by atoms with Gasteiger partial charge in [0.25, 0.3) is 0 Å². The van der Waals surface area contributed by atoms with Crippen molar-refractivity contribution in [1.82, 2.24) is 10.2 Å². The summed E-state index contributed by atoms with van der Waals surface area (Å²) < 4.78 is 5.81. The fraction of sp³-hybridized carbons (Fsp3) is 0.391. The van der Waals surface area contributed by atoms with Crippen LogP contribution in [0.15, 0.2) is 42.5 Å². The van der Waals surface area contributed by atoms with Gasteiger partial charge >= 0.3 is 6.03 Å². The number of fused-ring (bicyclic) bond motifs is 2. The number of hydrogen-bond acceptors (Lipinski definition) is 3. The fourth-order valence-electron chi connectivity index (χ4n) is 4.02. The summed E-state index contributed by atoms with van der Waals surface area (Å²) in [6.45, 7) is 4.83. The molecule has 2 aromatic carbocycles. The second kappa shape index (κ2) is 8.55. The first-order chi connectivity index (χ1) is 14.2. The predicted octanol–water partition coefficient (Wildman–Crippen LogP) is 3.13. The molecule has 6 heteroatoms. The van der Waals surface area contributed by atoms with Crippen molar-refractivity contribution in [2.45, 2.75) is 32.7 Å². The lowest BCUT2D eigenvalue weighted by Gasteiger charge is -2.20. The zero-order valence-electron chi connectivity index (χ0n) is 16.8. The van der Waals surface area contributed by atoms with Crippen LogP contribution in [0.25, 0.3) is 0 Å². The van der Waals surface area contributed by atoms with Crippen LogP contribution in [0.5, 0.6) is 5.75 Å². The van der Waals surface area contributed by atoms with Gasteiger partial charge in [0.1, 0.15) is 12.4 Å². The van der Waals surface area contributed by atoms with Gasteiger partial charge in [0, 0.05) is 30.8 Å². The van der Waals surface area contributed by atoms with E-state index in [0.717, 1.165) is 35.5 Å². The van der Waals surface area contributed by atoms with Gasteiger partial charge < -0.3 is 19.9 Å². The fourth-order valence-corrected chi connectivity index (χ4v) is 4.02. The van der Waals surface area contributed by atoms with Crippen molar-refractivity contribution in [2.75, 3.05) is 31.1 Å². The topological polar surface area (TPSA) is 61.9 Å². The maximum Gasteiger partial charge on any atom is 0.317 e. The van der Waals surface area contributed by atoms with Crippen LogP contribution in [-0.4, -0.2) is 43.1 Å². The minimum absolute atomic E-state index is 0.0720. The summed E-state index contributed by atoms with van der Waals surface area (Å²) in [5.41, 5.74) is 4.37. The molecule has 0 saturated heterocycles. The number of anilines is 1. The number of urea groups is 1. The largest absolute Gasteiger partial charge is 0.491 e. The summed E-state index contributed by atoms with van der Waals surface area (Å²) in [6, 6.07) is 14.1. The molecule has 152 valence electrons. The molecule has 0 unspecified atom stereocenters. The normalized spacial score (nSPS) is 15.2. The highest BCUT2D eigenvalue weighted by Crippen LogP contribution is 2.29. The van der Waals surface area contributed by atoms with E-state index >= 15 is 0 Å². The summed E-state index contributed by atoms with van der Waals surface area (Å²) in [5.74, 6) is 0.977. The molecule has 0 saturated carbocycles. The monoisotopic (exact) mass is 393 g/mol. The molecule has 4 rings (SSSR count). The van der Waals surface area contributed by atoms with Gasteiger partial charge in [0.05, 0.1) is 13.1 Å². The Balaban J connectivity index is 1.42. The Kier molecular flexibility index (Phi) is 5.69. The quantitative estimate of drug-likeness (QED) is 0.868. The van der Waals surface area contributed by atoms with Gasteiger partial charge in [-0.2, -0.15) is 0 Å². The smallest absolute Gasteiger partial charge is 0.317 e. The van der Waals surface area contributed by atoms with E-state index in [0.29, 0.717) is 39.1 Å². The van der Waals surface area contributed by atoms with Crippen molar-refractivity contribution < 1.29 is 14.3 Å². The van der Waals surface area contributed by atoms with Crippen LogP contribution in [0.2, 0.25) is 0 Å². The molecular formula is C23H27N3O3. The molecule has 0 radical (unpaired) electrons. The highest BCUT2D eigenvalue weighted by atomic mass is 16.5. The van der Waals surface area contributed by atoms with Gasteiger partial charge in [-0.1, -0.05) is 30.3 Å². The summed E-state index contributed by atoms with van der Waals surface area (Å²) in [4.78, 5) is 28.7. The molecule has 2 heterocycles. The third kappa shape index (κ3) is 4.21. The molecule has 0 aromatic heterocycles. The Bertz CT molecular complexity index is 912. The van der Waals surface area contributed by atoms with Crippen LogP contribution < -0.4 is 15.0 Å². The molecule has 0 fully saturated rings. The average molecular weight is 393 g/mol. The second-order valence-corrected chi connectivity index (χ2v) is 7.47. The minimum atomic E-state index is -0.0720. The van der Waals surface area contributed by atoms with Crippen LogP contribution >= 0.6 is 0 Å². The van der Waals surface area contributed by atoms with E-state index in [4.69, 9.17) is 4.74 Å². The Morgan fingerprint density at radius 3 is 2.83 bits per heavy atom.